The molecule has 2 aromatic rings. The summed E-state index contributed by atoms with van der Waals surface area (Å²) in [6.45, 7) is 0. The van der Waals surface area contributed by atoms with Crippen LogP contribution in [0.25, 0.3) is 0 Å². The third-order valence-electron chi connectivity index (χ3n) is 2.66. The largest absolute Gasteiger partial charge is 0.494 e. The second-order valence-corrected chi connectivity index (χ2v) is 4.79. The third kappa shape index (κ3) is 3.35. The highest BCUT2D eigenvalue weighted by Crippen LogP contribution is 2.34. The first-order valence-corrected chi connectivity index (χ1v) is 6.63. The molecule has 0 heterocycles. The van der Waals surface area contributed by atoms with Crippen LogP contribution in [0.1, 0.15) is 20.7 Å². The van der Waals surface area contributed by atoms with E-state index in [4.69, 9.17) is 32.7 Å². The molecule has 4 nitrogen and oxygen atoms in total. The summed E-state index contributed by atoms with van der Waals surface area (Å²) in [5.74, 6) is -1.64. The average molecular weight is 325 g/mol. The van der Waals surface area contributed by atoms with E-state index in [1.165, 1.54) is 31.4 Å². The molecule has 0 atom stereocenters. The van der Waals surface area contributed by atoms with Crippen LogP contribution in [0.5, 0.6) is 5.75 Å². The topological polar surface area (TPSA) is 52.6 Å². The number of hydrogen-bond donors (Lipinski definition) is 0. The molecule has 108 valence electrons. The summed E-state index contributed by atoms with van der Waals surface area (Å²) >= 11 is 11.9. The molecular weight excluding hydrogens is 315 g/mol. The molecule has 2 aromatic carbocycles. The van der Waals surface area contributed by atoms with Gasteiger partial charge in [0, 0.05) is 0 Å². The van der Waals surface area contributed by atoms with E-state index in [0.717, 1.165) is 0 Å². The Morgan fingerprint density at radius 1 is 0.905 bits per heavy atom. The van der Waals surface area contributed by atoms with E-state index in [-0.39, 0.29) is 26.9 Å². The van der Waals surface area contributed by atoms with Gasteiger partial charge in [-0.3, -0.25) is 0 Å². The minimum Gasteiger partial charge on any atom is -0.494 e. The van der Waals surface area contributed by atoms with E-state index in [9.17, 15) is 9.59 Å². The summed E-state index contributed by atoms with van der Waals surface area (Å²) in [6.07, 6.45) is 0. The van der Waals surface area contributed by atoms with Crippen LogP contribution in [0.4, 0.5) is 0 Å². The SMILES string of the molecule is COc1c(Cl)ccc(Cl)c1C(=O)OC(=O)c1ccccc1. The number of halogens is 2. The quantitative estimate of drug-likeness (QED) is 0.632. The number of carbonyl (C=O) groups is 2. The van der Waals surface area contributed by atoms with Crippen LogP contribution in [0.3, 0.4) is 0 Å². The van der Waals surface area contributed by atoms with Gasteiger partial charge in [0.2, 0.25) is 0 Å². The number of esters is 2. The maximum absolute atomic E-state index is 12.1. The lowest BCUT2D eigenvalue weighted by Gasteiger charge is -2.10. The molecule has 0 aliphatic carbocycles. The number of hydrogen-bond acceptors (Lipinski definition) is 4. The molecular formula is C15H10Cl2O4. The monoisotopic (exact) mass is 324 g/mol. The molecule has 0 N–H and O–H groups in total. The average Bonchev–Trinajstić information content (AvgIpc) is 2.49. The molecule has 0 bridgehead atoms. The first-order valence-electron chi connectivity index (χ1n) is 5.88. The number of ether oxygens (including phenoxy) is 2. The predicted octanol–water partition coefficient (Wildman–Crippen LogP) is 4.00. The minimum absolute atomic E-state index is 0.0648. The van der Waals surface area contributed by atoms with Gasteiger partial charge in [-0.15, -0.1) is 0 Å². The van der Waals surface area contributed by atoms with Crippen LogP contribution >= 0.6 is 23.2 Å². The van der Waals surface area contributed by atoms with E-state index < -0.39 is 11.9 Å². The Bertz CT molecular complexity index is 684. The maximum Gasteiger partial charge on any atom is 0.351 e. The van der Waals surface area contributed by atoms with Crippen molar-refractivity contribution in [1.82, 2.24) is 0 Å². The lowest BCUT2D eigenvalue weighted by Crippen LogP contribution is -2.14. The van der Waals surface area contributed by atoms with Crippen molar-refractivity contribution in [3.63, 3.8) is 0 Å². The Hall–Kier alpha value is -2.04. The van der Waals surface area contributed by atoms with Gasteiger partial charge in [0.15, 0.2) is 5.75 Å². The van der Waals surface area contributed by atoms with Gasteiger partial charge >= 0.3 is 11.9 Å². The Morgan fingerprint density at radius 3 is 2.14 bits per heavy atom. The zero-order chi connectivity index (χ0) is 15.4. The number of methoxy groups -OCH3 is 1. The molecule has 0 amide bonds. The molecule has 21 heavy (non-hydrogen) atoms. The molecule has 0 saturated heterocycles. The fourth-order valence-corrected chi connectivity index (χ4v) is 2.15. The number of rotatable bonds is 3. The Kier molecular flexibility index (Phi) is 4.83. The Balaban J connectivity index is 2.29. The van der Waals surface area contributed by atoms with Crippen LogP contribution in [-0.2, 0) is 4.74 Å². The summed E-state index contributed by atoms with van der Waals surface area (Å²) < 4.78 is 9.84. The summed E-state index contributed by atoms with van der Waals surface area (Å²) in [4.78, 5) is 24.0. The summed E-state index contributed by atoms with van der Waals surface area (Å²) in [5.41, 5.74) is 0.166. The van der Waals surface area contributed by atoms with Gasteiger partial charge in [0.05, 0.1) is 22.7 Å². The summed E-state index contributed by atoms with van der Waals surface area (Å²) in [7, 11) is 1.34. The first kappa shape index (κ1) is 15.4. The molecule has 0 saturated carbocycles. The van der Waals surface area contributed by atoms with E-state index in [0.29, 0.717) is 0 Å². The van der Waals surface area contributed by atoms with Crippen LogP contribution in [0, 0.1) is 0 Å². The van der Waals surface area contributed by atoms with Gasteiger partial charge in [-0.1, -0.05) is 41.4 Å². The van der Waals surface area contributed by atoms with Crippen molar-refractivity contribution in [2.75, 3.05) is 7.11 Å². The fraction of sp³-hybridized carbons (Fsp3) is 0.0667. The van der Waals surface area contributed by atoms with Gasteiger partial charge in [0.25, 0.3) is 0 Å². The predicted molar refractivity (Wildman–Crippen MR) is 79.2 cm³/mol. The molecule has 2 rings (SSSR count). The fourth-order valence-electron chi connectivity index (χ4n) is 1.69. The van der Waals surface area contributed by atoms with Crippen molar-refractivity contribution in [2.45, 2.75) is 0 Å². The van der Waals surface area contributed by atoms with E-state index in [1.54, 1.807) is 18.2 Å². The second-order valence-electron chi connectivity index (χ2n) is 3.98. The normalized spacial score (nSPS) is 10.0. The molecule has 0 unspecified atom stereocenters. The van der Waals surface area contributed by atoms with Crippen molar-refractivity contribution in [3.8, 4) is 5.75 Å². The molecule has 0 aliphatic rings. The van der Waals surface area contributed by atoms with Crippen LogP contribution < -0.4 is 4.74 Å². The number of carbonyl (C=O) groups excluding carboxylic acids is 2. The van der Waals surface area contributed by atoms with Gasteiger partial charge in [-0.05, 0) is 24.3 Å². The third-order valence-corrected chi connectivity index (χ3v) is 3.27. The standard InChI is InChI=1S/C15H10Cl2O4/c1-20-13-11(17)8-7-10(16)12(13)15(19)21-14(18)9-5-3-2-4-6-9/h2-8H,1H3. The van der Waals surface area contributed by atoms with Crippen LogP contribution in [0.15, 0.2) is 42.5 Å². The zero-order valence-electron chi connectivity index (χ0n) is 10.9. The van der Waals surface area contributed by atoms with Crippen molar-refractivity contribution >= 4 is 35.1 Å². The van der Waals surface area contributed by atoms with E-state index in [2.05, 4.69) is 0 Å². The minimum atomic E-state index is -0.923. The van der Waals surface area contributed by atoms with Gasteiger partial charge in [-0.2, -0.15) is 0 Å². The van der Waals surface area contributed by atoms with Crippen LogP contribution in [-0.4, -0.2) is 19.0 Å². The van der Waals surface area contributed by atoms with Crippen molar-refractivity contribution in [2.24, 2.45) is 0 Å². The van der Waals surface area contributed by atoms with E-state index in [1.807, 2.05) is 0 Å². The molecule has 0 aliphatic heterocycles. The van der Waals surface area contributed by atoms with Crippen LogP contribution in [0.2, 0.25) is 10.0 Å². The maximum atomic E-state index is 12.1. The highest BCUT2D eigenvalue weighted by Gasteiger charge is 2.23. The summed E-state index contributed by atoms with van der Waals surface area (Å²) in [6, 6.07) is 11.0. The van der Waals surface area contributed by atoms with Crippen molar-refractivity contribution in [1.29, 1.82) is 0 Å². The molecule has 0 aromatic heterocycles. The Labute approximate surface area is 131 Å². The van der Waals surface area contributed by atoms with Gasteiger partial charge in [0.1, 0.15) is 5.56 Å². The zero-order valence-corrected chi connectivity index (χ0v) is 12.4. The number of benzene rings is 2. The lowest BCUT2D eigenvalue weighted by atomic mass is 10.2. The van der Waals surface area contributed by atoms with Crippen molar-refractivity contribution < 1.29 is 19.1 Å². The molecule has 0 fully saturated rings. The second kappa shape index (κ2) is 6.61. The van der Waals surface area contributed by atoms with Gasteiger partial charge in [-0.25, -0.2) is 9.59 Å². The molecule has 6 heteroatoms. The van der Waals surface area contributed by atoms with E-state index >= 15 is 0 Å². The lowest BCUT2D eigenvalue weighted by molar-refractivity contribution is 0.0396. The summed E-state index contributed by atoms with van der Waals surface area (Å²) in [5, 5.41) is 0.281. The smallest absolute Gasteiger partial charge is 0.351 e. The Morgan fingerprint density at radius 2 is 1.52 bits per heavy atom. The van der Waals surface area contributed by atoms with Gasteiger partial charge < -0.3 is 9.47 Å². The molecule has 0 radical (unpaired) electrons. The highest BCUT2D eigenvalue weighted by molar-refractivity contribution is 6.37. The van der Waals surface area contributed by atoms with Crippen molar-refractivity contribution in [3.05, 3.63) is 63.6 Å². The molecule has 0 spiro atoms. The highest BCUT2D eigenvalue weighted by atomic mass is 35.5. The first-order chi connectivity index (χ1) is 10.0.